The first kappa shape index (κ1) is 34.8. The summed E-state index contributed by atoms with van der Waals surface area (Å²) in [6, 6.07) is 87.2. The zero-order valence-electron chi connectivity index (χ0n) is 32.0. The van der Waals surface area contributed by atoms with Gasteiger partial charge in [0, 0.05) is 33.9 Å². The van der Waals surface area contributed by atoms with E-state index in [1.807, 2.05) is 0 Å². The molecule has 0 amide bonds. The van der Waals surface area contributed by atoms with Crippen LogP contribution in [0.2, 0.25) is 0 Å². The second-order valence-electron chi connectivity index (χ2n) is 14.5. The maximum Gasteiger partial charge on any atom is 0.0540 e. The van der Waals surface area contributed by atoms with Gasteiger partial charge >= 0.3 is 0 Å². The molecule has 0 N–H and O–H groups in total. The van der Waals surface area contributed by atoms with Crippen LogP contribution in [0.15, 0.2) is 243 Å². The van der Waals surface area contributed by atoms with E-state index >= 15 is 0 Å². The Balaban J connectivity index is 1.02. The van der Waals surface area contributed by atoms with Crippen molar-refractivity contribution < 1.29 is 0 Å². The highest BCUT2D eigenvalue weighted by atomic mass is 15.1. The van der Waals surface area contributed by atoms with Crippen LogP contribution in [0.4, 0.5) is 34.1 Å². The molecule has 0 bridgehead atoms. The van der Waals surface area contributed by atoms with Crippen LogP contribution in [-0.4, -0.2) is 0 Å². The van der Waals surface area contributed by atoms with Gasteiger partial charge < -0.3 is 9.80 Å². The molecular weight excluding hydrogens is 701 g/mol. The van der Waals surface area contributed by atoms with Crippen LogP contribution >= 0.6 is 0 Å². The van der Waals surface area contributed by atoms with Gasteiger partial charge in [-0.1, -0.05) is 182 Å². The van der Waals surface area contributed by atoms with Gasteiger partial charge in [0.2, 0.25) is 0 Å². The van der Waals surface area contributed by atoms with Crippen molar-refractivity contribution in [3.63, 3.8) is 0 Å². The fraction of sp³-hybridized carbons (Fsp3) is 0. The highest BCUT2D eigenvalue weighted by Crippen LogP contribution is 2.45. The van der Waals surface area contributed by atoms with Crippen molar-refractivity contribution in [3.8, 4) is 33.4 Å². The molecule has 0 saturated carbocycles. The molecular formula is C56H40N2. The van der Waals surface area contributed by atoms with Gasteiger partial charge in [-0.15, -0.1) is 0 Å². The van der Waals surface area contributed by atoms with Crippen LogP contribution in [0.25, 0.3) is 54.9 Å². The largest absolute Gasteiger partial charge is 0.310 e. The normalized spacial score (nSPS) is 11.1. The fourth-order valence-corrected chi connectivity index (χ4v) is 8.33. The van der Waals surface area contributed by atoms with E-state index in [9.17, 15) is 0 Å². The molecule has 0 aliphatic heterocycles. The van der Waals surface area contributed by atoms with Crippen molar-refractivity contribution in [2.24, 2.45) is 0 Å². The maximum absolute atomic E-state index is 2.37. The lowest BCUT2D eigenvalue weighted by Gasteiger charge is -2.28. The van der Waals surface area contributed by atoms with Gasteiger partial charge in [0.05, 0.1) is 11.4 Å². The second kappa shape index (κ2) is 15.5. The number of rotatable bonds is 9. The maximum atomic E-state index is 2.37. The fourth-order valence-electron chi connectivity index (χ4n) is 8.33. The number of benzene rings is 10. The number of nitrogens with zero attached hydrogens (tertiary/aromatic N) is 2. The van der Waals surface area contributed by atoms with Gasteiger partial charge in [-0.05, 0) is 104 Å². The van der Waals surface area contributed by atoms with E-state index in [1.54, 1.807) is 0 Å². The molecule has 0 aliphatic carbocycles. The highest BCUT2D eigenvalue weighted by Gasteiger charge is 2.20. The predicted molar refractivity (Wildman–Crippen MR) is 247 cm³/mol. The Bertz CT molecular complexity index is 2770. The Morgan fingerprint density at radius 1 is 0.207 bits per heavy atom. The average Bonchev–Trinajstić information content (AvgIpc) is 3.30. The lowest BCUT2D eigenvalue weighted by molar-refractivity contribution is 1.28. The van der Waals surface area contributed by atoms with Crippen molar-refractivity contribution in [2.75, 3.05) is 9.80 Å². The molecule has 0 aromatic heterocycles. The zero-order valence-corrected chi connectivity index (χ0v) is 32.0. The van der Waals surface area contributed by atoms with Crippen LogP contribution in [0.3, 0.4) is 0 Å². The Morgan fingerprint density at radius 2 is 0.517 bits per heavy atom. The Morgan fingerprint density at radius 3 is 0.948 bits per heavy atom. The van der Waals surface area contributed by atoms with Crippen LogP contribution in [0.1, 0.15) is 0 Å². The van der Waals surface area contributed by atoms with E-state index in [2.05, 4.69) is 252 Å². The summed E-state index contributed by atoms with van der Waals surface area (Å²) in [5.74, 6) is 0. The Kier molecular flexibility index (Phi) is 9.27. The third-order valence-corrected chi connectivity index (χ3v) is 11.1. The van der Waals surface area contributed by atoms with Gasteiger partial charge in [-0.2, -0.15) is 0 Å². The van der Waals surface area contributed by atoms with E-state index in [0.29, 0.717) is 0 Å². The molecule has 2 nitrogen and oxygen atoms in total. The first-order valence-electron chi connectivity index (χ1n) is 19.9. The molecule has 10 aromatic carbocycles. The molecule has 58 heavy (non-hydrogen) atoms. The van der Waals surface area contributed by atoms with Gasteiger partial charge in [-0.25, -0.2) is 0 Å². The van der Waals surface area contributed by atoms with Gasteiger partial charge in [-0.3, -0.25) is 0 Å². The molecule has 0 heterocycles. The molecule has 0 saturated heterocycles. The van der Waals surface area contributed by atoms with Crippen molar-refractivity contribution in [2.45, 2.75) is 0 Å². The summed E-state index contributed by atoms with van der Waals surface area (Å²) in [6.45, 7) is 0. The van der Waals surface area contributed by atoms with Crippen molar-refractivity contribution >= 4 is 55.7 Å². The van der Waals surface area contributed by atoms with Crippen molar-refractivity contribution in [1.82, 2.24) is 0 Å². The van der Waals surface area contributed by atoms with E-state index in [1.165, 1.54) is 43.8 Å². The predicted octanol–water partition coefficient (Wildman–Crippen LogP) is 15.9. The monoisotopic (exact) mass is 740 g/mol. The number of anilines is 6. The number of hydrogen-bond acceptors (Lipinski definition) is 2. The number of hydrogen-bond donors (Lipinski definition) is 0. The van der Waals surface area contributed by atoms with E-state index in [-0.39, 0.29) is 0 Å². The minimum Gasteiger partial charge on any atom is -0.310 e. The summed E-state index contributed by atoms with van der Waals surface area (Å²) < 4.78 is 0. The van der Waals surface area contributed by atoms with Crippen molar-refractivity contribution in [3.05, 3.63) is 243 Å². The first-order valence-corrected chi connectivity index (χ1v) is 19.9. The molecule has 0 spiro atoms. The SMILES string of the molecule is c1ccc(N(c2ccc(-c3ccc(N(c4ccccc4)c4ccccc4-c4cccc5ccccc45)cc3)cc2)c2ccccc2-c2cccc3ccccc23)cc1. The number of fused-ring (bicyclic) bond motifs is 2. The van der Waals surface area contributed by atoms with E-state index in [0.717, 1.165) is 45.3 Å². The standard InChI is InChI=1S/C56H40N2/c1-3-21-45(22-4-1)57(55-31-13-11-27-53(55)51-29-15-19-43-17-7-9-25-49(43)51)47-37-33-41(34-38-47)42-35-39-48(40-36-42)58(46-23-5-2-6-24-46)56-32-14-12-28-54(56)52-30-16-20-44-18-8-10-26-50(44)52/h1-40H. The van der Waals surface area contributed by atoms with Gasteiger partial charge in [0.1, 0.15) is 0 Å². The van der Waals surface area contributed by atoms with Crippen molar-refractivity contribution in [1.29, 1.82) is 0 Å². The summed E-state index contributed by atoms with van der Waals surface area (Å²) in [5.41, 5.74) is 13.8. The summed E-state index contributed by atoms with van der Waals surface area (Å²) >= 11 is 0. The first-order chi connectivity index (χ1) is 28.8. The summed E-state index contributed by atoms with van der Waals surface area (Å²) in [7, 11) is 0. The lowest BCUT2D eigenvalue weighted by atomic mass is 9.96. The molecule has 10 rings (SSSR count). The van der Waals surface area contributed by atoms with Crippen LogP contribution < -0.4 is 9.80 Å². The molecule has 0 fully saturated rings. The summed E-state index contributed by atoms with van der Waals surface area (Å²) in [4.78, 5) is 4.74. The topological polar surface area (TPSA) is 6.48 Å². The molecule has 2 heteroatoms. The smallest absolute Gasteiger partial charge is 0.0540 e. The third-order valence-electron chi connectivity index (χ3n) is 11.1. The van der Waals surface area contributed by atoms with E-state index in [4.69, 9.17) is 0 Å². The Hall–Kier alpha value is -7.68. The molecule has 10 aromatic rings. The van der Waals surface area contributed by atoms with Gasteiger partial charge in [0.15, 0.2) is 0 Å². The lowest BCUT2D eigenvalue weighted by Crippen LogP contribution is -2.11. The number of para-hydroxylation sites is 4. The second-order valence-corrected chi connectivity index (χ2v) is 14.5. The molecule has 0 aliphatic rings. The van der Waals surface area contributed by atoms with Crippen LogP contribution in [-0.2, 0) is 0 Å². The van der Waals surface area contributed by atoms with Crippen LogP contribution in [0, 0.1) is 0 Å². The Labute approximate surface area is 340 Å². The quantitative estimate of drug-likeness (QED) is 0.145. The summed E-state index contributed by atoms with van der Waals surface area (Å²) in [5, 5.41) is 4.95. The minimum absolute atomic E-state index is 1.10. The summed E-state index contributed by atoms with van der Waals surface area (Å²) in [6.07, 6.45) is 0. The molecule has 274 valence electrons. The molecule has 0 radical (unpaired) electrons. The highest BCUT2D eigenvalue weighted by molar-refractivity contribution is 6.03. The molecule has 0 unspecified atom stereocenters. The minimum atomic E-state index is 1.10. The van der Waals surface area contributed by atoms with Crippen LogP contribution in [0.5, 0.6) is 0 Å². The molecule has 0 atom stereocenters. The average molecular weight is 741 g/mol. The zero-order chi connectivity index (χ0) is 38.7. The third kappa shape index (κ3) is 6.57. The van der Waals surface area contributed by atoms with E-state index < -0.39 is 0 Å². The van der Waals surface area contributed by atoms with Gasteiger partial charge in [0.25, 0.3) is 0 Å².